The van der Waals surface area contributed by atoms with Gasteiger partial charge in [-0.3, -0.25) is 9.59 Å². The highest BCUT2D eigenvalue weighted by Gasteiger charge is 2.27. The van der Waals surface area contributed by atoms with E-state index in [1.807, 2.05) is 4.90 Å². The first-order valence-electron chi connectivity index (χ1n) is 10.7. The minimum Gasteiger partial charge on any atom is -0.482 e. The number of carbonyl (C=O) groups is 2. The van der Waals surface area contributed by atoms with Crippen LogP contribution in [0.25, 0.3) is 0 Å². The van der Waals surface area contributed by atoms with Crippen LogP contribution in [0.2, 0.25) is 0 Å². The molecule has 0 atom stereocenters. The number of likely N-dealkylation sites (tertiary alicyclic amines) is 1. The molecule has 158 valence electrons. The maximum absolute atomic E-state index is 13.1. The summed E-state index contributed by atoms with van der Waals surface area (Å²) in [5, 5.41) is 0. The lowest BCUT2D eigenvalue weighted by Gasteiger charge is -2.33. The fourth-order valence-corrected chi connectivity index (χ4v) is 4.26. The van der Waals surface area contributed by atoms with Gasteiger partial charge in [0.25, 0.3) is 11.8 Å². The lowest BCUT2D eigenvalue weighted by molar-refractivity contribution is -0.120. The molecule has 2 aliphatic rings. The molecule has 0 saturated carbocycles. The Bertz CT molecular complexity index is 951. The average Bonchev–Trinajstić information content (AvgIpc) is 2.75. The van der Waals surface area contributed by atoms with E-state index in [1.165, 1.54) is 11.1 Å². The second kappa shape index (κ2) is 7.78. The highest BCUT2D eigenvalue weighted by Crippen LogP contribution is 2.34. The van der Waals surface area contributed by atoms with Gasteiger partial charge in [0.15, 0.2) is 6.61 Å². The number of anilines is 1. The van der Waals surface area contributed by atoms with Crippen LogP contribution in [0.15, 0.2) is 42.5 Å². The normalized spacial score (nSPS) is 17.5. The van der Waals surface area contributed by atoms with Crippen LogP contribution in [-0.2, 0) is 10.2 Å². The number of hydrogen-bond acceptors (Lipinski definition) is 3. The summed E-state index contributed by atoms with van der Waals surface area (Å²) in [5.41, 5.74) is 4.13. The molecule has 5 heteroatoms. The minimum atomic E-state index is -0.106. The third-order valence-corrected chi connectivity index (χ3v) is 6.32. The Hall–Kier alpha value is -2.82. The predicted octanol–water partition coefficient (Wildman–Crippen LogP) is 4.36. The molecule has 1 fully saturated rings. The van der Waals surface area contributed by atoms with E-state index in [9.17, 15) is 9.59 Å². The Kier molecular flexibility index (Phi) is 5.31. The van der Waals surface area contributed by atoms with E-state index in [4.69, 9.17) is 4.74 Å². The number of likely N-dealkylation sites (N-methyl/N-ethyl adjacent to an activating group) is 1. The van der Waals surface area contributed by atoms with Crippen molar-refractivity contribution in [2.45, 2.75) is 44.9 Å². The first-order chi connectivity index (χ1) is 14.2. The molecular weight excluding hydrogens is 376 g/mol. The summed E-state index contributed by atoms with van der Waals surface area (Å²) in [6.45, 7) is 8.21. The van der Waals surface area contributed by atoms with E-state index in [0.29, 0.717) is 22.9 Å². The number of hydrogen-bond donors (Lipinski definition) is 0. The van der Waals surface area contributed by atoms with Crippen molar-refractivity contribution in [2.75, 3.05) is 31.6 Å². The Morgan fingerprint density at radius 1 is 1.03 bits per heavy atom. The second-order valence-electron chi connectivity index (χ2n) is 9.36. The highest BCUT2D eigenvalue weighted by atomic mass is 16.5. The molecule has 0 aliphatic carbocycles. The molecule has 30 heavy (non-hydrogen) atoms. The summed E-state index contributed by atoms with van der Waals surface area (Å²) in [6, 6.07) is 14.3. The van der Waals surface area contributed by atoms with Gasteiger partial charge in [0.2, 0.25) is 0 Å². The number of carbonyl (C=O) groups excluding carboxylic acids is 2. The van der Waals surface area contributed by atoms with Gasteiger partial charge in [-0.05, 0) is 53.5 Å². The topological polar surface area (TPSA) is 49.9 Å². The molecular formula is C25H30N2O3. The number of nitrogens with zero attached hydrogens (tertiary/aromatic N) is 2. The summed E-state index contributed by atoms with van der Waals surface area (Å²) >= 11 is 0. The third-order valence-electron chi connectivity index (χ3n) is 6.32. The molecule has 2 aromatic rings. The van der Waals surface area contributed by atoms with Gasteiger partial charge in [0.1, 0.15) is 5.75 Å². The van der Waals surface area contributed by atoms with Crippen molar-refractivity contribution in [3.63, 3.8) is 0 Å². The highest BCUT2D eigenvalue weighted by molar-refractivity contribution is 6.01. The molecule has 2 heterocycles. The van der Waals surface area contributed by atoms with Crippen LogP contribution < -0.4 is 9.64 Å². The van der Waals surface area contributed by atoms with Crippen LogP contribution >= 0.6 is 0 Å². The summed E-state index contributed by atoms with van der Waals surface area (Å²) in [6.07, 6.45) is 1.93. The largest absolute Gasteiger partial charge is 0.482 e. The molecule has 1 saturated heterocycles. The van der Waals surface area contributed by atoms with E-state index < -0.39 is 0 Å². The zero-order valence-electron chi connectivity index (χ0n) is 18.3. The lowest BCUT2D eigenvalue weighted by Crippen LogP contribution is -2.38. The van der Waals surface area contributed by atoms with Gasteiger partial charge >= 0.3 is 0 Å². The number of amides is 2. The Morgan fingerprint density at radius 3 is 2.33 bits per heavy atom. The van der Waals surface area contributed by atoms with Crippen molar-refractivity contribution in [2.24, 2.45) is 0 Å². The maximum Gasteiger partial charge on any atom is 0.264 e. The Balaban J connectivity index is 1.42. The first kappa shape index (κ1) is 20.5. The van der Waals surface area contributed by atoms with Gasteiger partial charge in [-0.25, -0.2) is 0 Å². The van der Waals surface area contributed by atoms with Gasteiger partial charge in [-0.15, -0.1) is 0 Å². The fourth-order valence-electron chi connectivity index (χ4n) is 4.26. The molecule has 0 spiro atoms. The number of benzene rings is 2. The van der Waals surface area contributed by atoms with Crippen LogP contribution in [0.1, 0.15) is 61.0 Å². The van der Waals surface area contributed by atoms with Crippen LogP contribution in [0, 0.1) is 0 Å². The third kappa shape index (κ3) is 3.93. The molecule has 2 amide bonds. The molecule has 2 aliphatic heterocycles. The van der Waals surface area contributed by atoms with Gasteiger partial charge < -0.3 is 14.5 Å². The van der Waals surface area contributed by atoms with E-state index in [-0.39, 0.29) is 23.8 Å². The fraction of sp³-hybridized carbons (Fsp3) is 0.440. The zero-order chi connectivity index (χ0) is 21.5. The number of fused-ring (bicyclic) bond motifs is 1. The Morgan fingerprint density at radius 2 is 1.70 bits per heavy atom. The van der Waals surface area contributed by atoms with Gasteiger partial charge in [0, 0.05) is 25.7 Å². The molecule has 0 bridgehead atoms. The van der Waals surface area contributed by atoms with Crippen molar-refractivity contribution in [3.05, 3.63) is 59.2 Å². The first-order valence-corrected chi connectivity index (χ1v) is 10.7. The second-order valence-corrected chi connectivity index (χ2v) is 9.36. The van der Waals surface area contributed by atoms with Crippen LogP contribution in [-0.4, -0.2) is 43.5 Å². The summed E-state index contributed by atoms with van der Waals surface area (Å²) < 4.78 is 5.46. The van der Waals surface area contributed by atoms with Crippen molar-refractivity contribution >= 4 is 17.5 Å². The summed E-state index contributed by atoms with van der Waals surface area (Å²) in [5.74, 6) is 1.05. The standard InChI is InChI=1S/C25H30N2O3/c1-25(2,3)20-8-5-17(6-9-20)18-11-13-27(14-12-18)24(29)19-7-10-22-21(15-19)26(4)23(28)16-30-22/h5-10,15,18H,11-14,16H2,1-4H3. The molecule has 4 rings (SSSR count). The number of piperidine rings is 1. The lowest BCUT2D eigenvalue weighted by atomic mass is 9.84. The van der Waals surface area contributed by atoms with Crippen LogP contribution in [0.3, 0.4) is 0 Å². The smallest absolute Gasteiger partial charge is 0.264 e. The molecule has 0 unspecified atom stereocenters. The molecule has 2 aromatic carbocycles. The average molecular weight is 407 g/mol. The molecule has 0 radical (unpaired) electrons. The minimum absolute atomic E-state index is 0.0192. The molecule has 5 nitrogen and oxygen atoms in total. The summed E-state index contributed by atoms with van der Waals surface area (Å²) in [4.78, 5) is 28.4. The molecule has 0 N–H and O–H groups in total. The quantitative estimate of drug-likeness (QED) is 0.745. The van der Waals surface area contributed by atoms with Crippen LogP contribution in [0.4, 0.5) is 5.69 Å². The number of ether oxygens (including phenoxy) is 1. The van der Waals surface area contributed by atoms with E-state index in [0.717, 1.165) is 25.9 Å². The van der Waals surface area contributed by atoms with Crippen molar-refractivity contribution in [1.82, 2.24) is 4.90 Å². The summed E-state index contributed by atoms with van der Waals surface area (Å²) in [7, 11) is 1.72. The maximum atomic E-state index is 13.1. The monoisotopic (exact) mass is 406 g/mol. The van der Waals surface area contributed by atoms with E-state index in [1.54, 1.807) is 30.1 Å². The van der Waals surface area contributed by atoms with Gasteiger partial charge in [-0.2, -0.15) is 0 Å². The van der Waals surface area contributed by atoms with Crippen molar-refractivity contribution in [3.8, 4) is 5.75 Å². The van der Waals surface area contributed by atoms with E-state index >= 15 is 0 Å². The zero-order valence-corrected chi connectivity index (χ0v) is 18.3. The van der Waals surface area contributed by atoms with Crippen LogP contribution in [0.5, 0.6) is 5.75 Å². The van der Waals surface area contributed by atoms with Crippen molar-refractivity contribution in [1.29, 1.82) is 0 Å². The van der Waals surface area contributed by atoms with Crippen molar-refractivity contribution < 1.29 is 14.3 Å². The number of rotatable bonds is 2. The molecule has 0 aromatic heterocycles. The SMILES string of the molecule is CN1C(=O)COc2ccc(C(=O)N3CCC(c4ccc(C(C)(C)C)cc4)CC3)cc21. The van der Waals surface area contributed by atoms with Gasteiger partial charge in [0.05, 0.1) is 5.69 Å². The Labute approximate surface area is 178 Å². The van der Waals surface area contributed by atoms with E-state index in [2.05, 4.69) is 45.0 Å². The predicted molar refractivity (Wildman–Crippen MR) is 118 cm³/mol. The van der Waals surface area contributed by atoms with Gasteiger partial charge in [-0.1, -0.05) is 45.0 Å².